The van der Waals surface area contributed by atoms with E-state index in [0.717, 1.165) is 12.5 Å². The molecule has 0 saturated carbocycles. The molecular weight excluding hydrogens is 465 g/mol. The zero-order valence-electron chi connectivity index (χ0n) is 16.1. The quantitative estimate of drug-likeness (QED) is 0.224. The molecule has 0 aliphatic carbocycles. The number of nitrogens with one attached hydrogen (secondary N) is 2. The number of nitrogens with zero attached hydrogens (tertiary/aromatic N) is 1. The fourth-order valence-corrected chi connectivity index (χ4v) is 2.57. The highest BCUT2D eigenvalue weighted by Gasteiger charge is 2.19. The second-order valence-corrected chi connectivity index (χ2v) is 8.87. The van der Waals surface area contributed by atoms with Gasteiger partial charge in [-0.1, -0.05) is 44.2 Å². The lowest BCUT2D eigenvalue weighted by Crippen LogP contribution is -2.40. The van der Waals surface area contributed by atoms with Gasteiger partial charge in [-0.15, -0.1) is 24.0 Å². The van der Waals surface area contributed by atoms with Gasteiger partial charge in [0.25, 0.3) is 0 Å². The first kappa shape index (κ1) is 25.1. The maximum atomic E-state index is 11.0. The summed E-state index contributed by atoms with van der Waals surface area (Å²) in [5.41, 5.74) is 1.19. The Morgan fingerprint density at radius 3 is 2.38 bits per heavy atom. The van der Waals surface area contributed by atoms with Crippen LogP contribution in [-0.2, 0) is 20.0 Å². The maximum Gasteiger partial charge on any atom is 0.191 e. The van der Waals surface area contributed by atoms with Crippen LogP contribution in [0.1, 0.15) is 26.3 Å². The highest BCUT2D eigenvalue weighted by Crippen LogP contribution is 2.22. The molecule has 26 heavy (non-hydrogen) atoms. The molecule has 0 amide bonds. The van der Waals surface area contributed by atoms with E-state index >= 15 is 0 Å². The topological polar surface area (TPSA) is 79.8 Å². The minimum atomic E-state index is -2.97. The van der Waals surface area contributed by atoms with Gasteiger partial charge < -0.3 is 15.4 Å². The van der Waals surface area contributed by atoms with Crippen molar-refractivity contribution in [3.8, 4) is 0 Å². The number of ether oxygens (including phenoxy) is 1. The lowest BCUT2D eigenvalue weighted by molar-refractivity contribution is 0.154. The number of guanidine groups is 1. The van der Waals surface area contributed by atoms with Gasteiger partial charge >= 0.3 is 0 Å². The van der Waals surface area contributed by atoms with Crippen molar-refractivity contribution in [3.05, 3.63) is 35.9 Å². The average molecular weight is 497 g/mol. The summed E-state index contributed by atoms with van der Waals surface area (Å²) < 4.78 is 27.4. The van der Waals surface area contributed by atoms with Crippen molar-refractivity contribution in [2.24, 2.45) is 4.99 Å². The SMILES string of the molecule is CCNC(=NCC(C)(C)c1ccccc1)NCCOCCS(C)(=O)=O.I. The van der Waals surface area contributed by atoms with Crippen LogP contribution in [0.2, 0.25) is 0 Å². The van der Waals surface area contributed by atoms with Crippen LogP contribution < -0.4 is 10.6 Å². The molecule has 0 heterocycles. The Bertz CT molecular complexity index is 634. The highest BCUT2D eigenvalue weighted by molar-refractivity contribution is 14.0. The van der Waals surface area contributed by atoms with Gasteiger partial charge in [-0.2, -0.15) is 0 Å². The van der Waals surface area contributed by atoms with Crippen LogP contribution >= 0.6 is 24.0 Å². The zero-order chi connectivity index (χ0) is 18.8. The summed E-state index contributed by atoms with van der Waals surface area (Å²) in [7, 11) is -2.97. The van der Waals surface area contributed by atoms with Crippen molar-refractivity contribution in [1.29, 1.82) is 0 Å². The summed E-state index contributed by atoms with van der Waals surface area (Å²) in [6.45, 7) is 9.00. The molecule has 150 valence electrons. The van der Waals surface area contributed by atoms with E-state index in [1.165, 1.54) is 11.8 Å². The Labute approximate surface area is 175 Å². The van der Waals surface area contributed by atoms with Crippen LogP contribution in [0.5, 0.6) is 0 Å². The molecule has 0 aliphatic rings. The minimum Gasteiger partial charge on any atom is -0.379 e. The van der Waals surface area contributed by atoms with Gasteiger partial charge in [0.2, 0.25) is 0 Å². The van der Waals surface area contributed by atoms with E-state index in [1.807, 2.05) is 25.1 Å². The molecule has 2 N–H and O–H groups in total. The largest absolute Gasteiger partial charge is 0.379 e. The summed E-state index contributed by atoms with van der Waals surface area (Å²) in [5, 5.41) is 6.42. The summed E-state index contributed by atoms with van der Waals surface area (Å²) in [4.78, 5) is 4.66. The lowest BCUT2D eigenvalue weighted by Gasteiger charge is -2.24. The van der Waals surface area contributed by atoms with Gasteiger partial charge in [0.1, 0.15) is 9.84 Å². The molecule has 0 fully saturated rings. The zero-order valence-corrected chi connectivity index (χ0v) is 19.3. The first-order valence-corrected chi connectivity index (χ1v) is 10.6. The Hall–Kier alpha value is -0.870. The Kier molecular flexibility index (Phi) is 12.1. The molecule has 0 aromatic heterocycles. The third-order valence-electron chi connectivity index (χ3n) is 3.67. The van der Waals surface area contributed by atoms with E-state index in [-0.39, 0.29) is 41.8 Å². The van der Waals surface area contributed by atoms with Crippen molar-refractivity contribution in [2.45, 2.75) is 26.2 Å². The van der Waals surface area contributed by atoms with E-state index in [9.17, 15) is 8.42 Å². The van der Waals surface area contributed by atoms with E-state index in [1.54, 1.807) is 0 Å². The van der Waals surface area contributed by atoms with E-state index in [0.29, 0.717) is 19.7 Å². The summed E-state index contributed by atoms with van der Waals surface area (Å²) in [6, 6.07) is 10.3. The number of benzene rings is 1. The predicted octanol–water partition coefficient (Wildman–Crippen LogP) is 2.20. The fourth-order valence-electron chi connectivity index (χ4n) is 2.15. The summed E-state index contributed by atoms with van der Waals surface area (Å²) >= 11 is 0. The maximum absolute atomic E-state index is 11.0. The molecule has 0 aliphatic heterocycles. The van der Waals surface area contributed by atoms with Gasteiger partial charge in [-0.05, 0) is 12.5 Å². The van der Waals surface area contributed by atoms with E-state index in [2.05, 4.69) is 41.6 Å². The third kappa shape index (κ3) is 11.0. The second kappa shape index (κ2) is 12.5. The summed E-state index contributed by atoms with van der Waals surface area (Å²) in [6.07, 6.45) is 1.21. The van der Waals surface area contributed by atoms with Crippen molar-refractivity contribution < 1.29 is 13.2 Å². The van der Waals surface area contributed by atoms with Crippen LogP contribution in [0.25, 0.3) is 0 Å². The number of rotatable bonds is 10. The smallest absolute Gasteiger partial charge is 0.191 e. The first-order valence-electron chi connectivity index (χ1n) is 8.58. The molecule has 1 aromatic rings. The molecule has 0 bridgehead atoms. The third-order valence-corrected chi connectivity index (χ3v) is 4.58. The number of hydrogen-bond donors (Lipinski definition) is 2. The molecule has 0 unspecified atom stereocenters. The van der Waals surface area contributed by atoms with E-state index in [4.69, 9.17) is 4.74 Å². The van der Waals surface area contributed by atoms with Gasteiger partial charge in [0.15, 0.2) is 5.96 Å². The number of sulfone groups is 1. The number of halogens is 1. The van der Waals surface area contributed by atoms with Crippen LogP contribution in [0.4, 0.5) is 0 Å². The molecular formula is C18H32IN3O3S. The van der Waals surface area contributed by atoms with Crippen LogP contribution in [0, 0.1) is 0 Å². The molecule has 1 rings (SSSR count). The molecule has 0 atom stereocenters. The molecule has 8 heteroatoms. The molecule has 0 saturated heterocycles. The minimum absolute atomic E-state index is 0. The lowest BCUT2D eigenvalue weighted by atomic mass is 9.85. The normalized spacial score (nSPS) is 12.4. The molecule has 6 nitrogen and oxygen atoms in total. The molecule has 0 spiro atoms. The van der Waals surface area contributed by atoms with Gasteiger partial charge in [-0.25, -0.2) is 8.42 Å². The Morgan fingerprint density at radius 1 is 1.15 bits per heavy atom. The standard InChI is InChI=1S/C18H31N3O3S.HI/c1-5-19-17(20-11-12-24-13-14-25(4,22)23)21-15-18(2,3)16-9-7-6-8-10-16;/h6-10H,5,11-15H2,1-4H3,(H2,19,20,21);1H. The van der Waals surface area contributed by atoms with Gasteiger partial charge in [0, 0.05) is 24.8 Å². The summed E-state index contributed by atoms with van der Waals surface area (Å²) in [5.74, 6) is 0.782. The first-order chi connectivity index (χ1) is 11.7. The Morgan fingerprint density at radius 2 is 1.81 bits per heavy atom. The molecule has 0 radical (unpaired) electrons. The highest BCUT2D eigenvalue weighted by atomic mass is 127. The second-order valence-electron chi connectivity index (χ2n) is 6.61. The van der Waals surface area contributed by atoms with Crippen molar-refractivity contribution in [1.82, 2.24) is 10.6 Å². The van der Waals surface area contributed by atoms with Crippen molar-refractivity contribution >= 4 is 39.8 Å². The van der Waals surface area contributed by atoms with Gasteiger partial charge in [-0.3, -0.25) is 4.99 Å². The predicted molar refractivity (Wildman–Crippen MR) is 119 cm³/mol. The fraction of sp³-hybridized carbons (Fsp3) is 0.611. The monoisotopic (exact) mass is 497 g/mol. The van der Waals surface area contributed by atoms with E-state index < -0.39 is 9.84 Å². The van der Waals surface area contributed by atoms with Crippen LogP contribution in [-0.4, -0.2) is 59.2 Å². The van der Waals surface area contributed by atoms with Gasteiger partial charge in [0.05, 0.1) is 25.5 Å². The van der Waals surface area contributed by atoms with Crippen LogP contribution in [0.3, 0.4) is 0 Å². The number of hydrogen-bond acceptors (Lipinski definition) is 4. The van der Waals surface area contributed by atoms with Crippen molar-refractivity contribution in [2.75, 3.05) is 44.9 Å². The van der Waals surface area contributed by atoms with Crippen molar-refractivity contribution in [3.63, 3.8) is 0 Å². The average Bonchev–Trinajstić information content (AvgIpc) is 2.55. The molecule has 1 aromatic carbocycles. The Balaban J connectivity index is 0.00000625. The number of aliphatic imine (C=N–C) groups is 1. The van der Waals surface area contributed by atoms with Crippen LogP contribution in [0.15, 0.2) is 35.3 Å².